The standard InChI is InChI=1S/C20H27N5O4/c1-14(27)19(18(28)13-26)22-20(29)25-11-9-24(10-12-25)16-5-3-15(4-6-16)17-7-8-21-23(17)2/h3-8,14,19,26-27H,9-13H2,1-2H3,(H,22,29)/t14-,19+/m0/s1. The van der Waals surface area contributed by atoms with Gasteiger partial charge in [0.15, 0.2) is 5.78 Å². The average molecular weight is 401 g/mol. The zero-order chi connectivity index (χ0) is 21.0. The Morgan fingerprint density at radius 1 is 1.14 bits per heavy atom. The van der Waals surface area contributed by atoms with Gasteiger partial charge in [0.2, 0.25) is 0 Å². The number of nitrogens with zero attached hydrogens (tertiary/aromatic N) is 4. The molecule has 156 valence electrons. The summed E-state index contributed by atoms with van der Waals surface area (Å²) in [6.07, 6.45) is 0.696. The number of amides is 2. The Balaban J connectivity index is 1.57. The second-order valence-electron chi connectivity index (χ2n) is 7.15. The maximum atomic E-state index is 12.4. The van der Waals surface area contributed by atoms with Crippen LogP contribution in [0.15, 0.2) is 36.5 Å². The monoisotopic (exact) mass is 401 g/mol. The van der Waals surface area contributed by atoms with E-state index < -0.39 is 30.6 Å². The van der Waals surface area contributed by atoms with Crippen molar-refractivity contribution in [2.45, 2.75) is 19.1 Å². The summed E-state index contributed by atoms with van der Waals surface area (Å²) in [5.74, 6) is -0.611. The van der Waals surface area contributed by atoms with Crippen LogP contribution < -0.4 is 10.2 Å². The van der Waals surface area contributed by atoms with Gasteiger partial charge in [0.1, 0.15) is 12.6 Å². The smallest absolute Gasteiger partial charge is 0.318 e. The number of carbonyl (C=O) groups excluding carboxylic acids is 2. The number of aliphatic hydroxyl groups is 2. The van der Waals surface area contributed by atoms with E-state index in [4.69, 9.17) is 5.11 Å². The molecule has 9 nitrogen and oxygen atoms in total. The molecule has 0 unspecified atom stereocenters. The first-order valence-corrected chi connectivity index (χ1v) is 9.61. The predicted molar refractivity (Wildman–Crippen MR) is 109 cm³/mol. The summed E-state index contributed by atoms with van der Waals surface area (Å²) in [7, 11) is 1.91. The van der Waals surface area contributed by atoms with Gasteiger partial charge in [-0.25, -0.2) is 4.79 Å². The summed E-state index contributed by atoms with van der Waals surface area (Å²) in [4.78, 5) is 27.9. The van der Waals surface area contributed by atoms with E-state index in [2.05, 4.69) is 39.6 Å². The fourth-order valence-electron chi connectivity index (χ4n) is 3.46. The second-order valence-corrected chi connectivity index (χ2v) is 7.15. The van der Waals surface area contributed by atoms with Crippen LogP contribution in [0.3, 0.4) is 0 Å². The number of Topliss-reactive ketones (excluding diaryl/α,β-unsaturated/α-hetero) is 1. The van der Waals surface area contributed by atoms with E-state index in [1.54, 1.807) is 11.1 Å². The number of rotatable bonds is 6. The van der Waals surface area contributed by atoms with Crippen molar-refractivity contribution in [3.63, 3.8) is 0 Å². The molecule has 1 fully saturated rings. The van der Waals surface area contributed by atoms with Crippen molar-refractivity contribution in [2.75, 3.05) is 37.7 Å². The molecular weight excluding hydrogens is 374 g/mol. The number of aryl methyl sites for hydroxylation is 1. The van der Waals surface area contributed by atoms with E-state index in [-0.39, 0.29) is 0 Å². The molecule has 9 heteroatoms. The summed E-state index contributed by atoms with van der Waals surface area (Å²) in [6.45, 7) is 2.99. The van der Waals surface area contributed by atoms with E-state index in [9.17, 15) is 14.7 Å². The van der Waals surface area contributed by atoms with Crippen molar-refractivity contribution in [1.29, 1.82) is 0 Å². The van der Waals surface area contributed by atoms with Gasteiger partial charge in [-0.2, -0.15) is 5.10 Å². The molecule has 0 aliphatic carbocycles. The summed E-state index contributed by atoms with van der Waals surface area (Å²) >= 11 is 0. The number of carbonyl (C=O) groups is 2. The molecule has 1 aliphatic rings. The SMILES string of the molecule is C[C@H](O)[C@@H](NC(=O)N1CCN(c2ccc(-c3ccnn3C)cc2)CC1)C(=O)CO. The number of urea groups is 1. The molecule has 2 amide bonds. The van der Waals surface area contributed by atoms with Gasteiger partial charge >= 0.3 is 6.03 Å². The number of piperazine rings is 1. The van der Waals surface area contributed by atoms with Crippen LogP contribution in [-0.2, 0) is 11.8 Å². The molecule has 1 saturated heterocycles. The molecule has 0 bridgehead atoms. The Labute approximate surface area is 169 Å². The Kier molecular flexibility index (Phi) is 6.50. The Bertz CT molecular complexity index is 841. The Hall–Kier alpha value is -2.91. The highest BCUT2D eigenvalue weighted by atomic mass is 16.3. The molecule has 1 aliphatic heterocycles. The van der Waals surface area contributed by atoms with Crippen molar-refractivity contribution in [2.24, 2.45) is 7.05 Å². The fourth-order valence-corrected chi connectivity index (χ4v) is 3.46. The zero-order valence-electron chi connectivity index (χ0n) is 16.7. The predicted octanol–water partition coefficient (Wildman–Crippen LogP) is 0.229. The van der Waals surface area contributed by atoms with Crippen molar-refractivity contribution < 1.29 is 19.8 Å². The third-order valence-electron chi connectivity index (χ3n) is 5.18. The summed E-state index contributed by atoms with van der Waals surface area (Å²) in [5, 5.41) is 25.4. The second kappa shape index (κ2) is 9.06. The van der Waals surface area contributed by atoms with Gasteiger partial charge in [-0.3, -0.25) is 9.48 Å². The number of aromatic nitrogens is 2. The van der Waals surface area contributed by atoms with Gasteiger partial charge in [0.25, 0.3) is 0 Å². The van der Waals surface area contributed by atoms with Crippen LogP contribution in [-0.4, -0.2) is 81.6 Å². The molecule has 1 aromatic heterocycles. The van der Waals surface area contributed by atoms with Crippen LogP contribution >= 0.6 is 0 Å². The summed E-state index contributed by atoms with van der Waals surface area (Å²) in [5.41, 5.74) is 3.21. The van der Waals surface area contributed by atoms with Gasteiger partial charge in [-0.05, 0) is 30.7 Å². The van der Waals surface area contributed by atoms with Gasteiger partial charge in [0, 0.05) is 45.1 Å². The largest absolute Gasteiger partial charge is 0.391 e. The van der Waals surface area contributed by atoms with E-state index in [1.165, 1.54) is 6.92 Å². The van der Waals surface area contributed by atoms with Crippen LogP contribution in [0.1, 0.15) is 6.92 Å². The zero-order valence-corrected chi connectivity index (χ0v) is 16.7. The van der Waals surface area contributed by atoms with Crippen molar-refractivity contribution >= 4 is 17.5 Å². The summed E-state index contributed by atoms with van der Waals surface area (Å²) < 4.78 is 1.83. The van der Waals surface area contributed by atoms with Gasteiger partial charge in [0.05, 0.1) is 11.8 Å². The number of benzene rings is 1. The topological polar surface area (TPSA) is 111 Å². The lowest BCUT2D eigenvalue weighted by Crippen LogP contribution is -2.57. The molecule has 2 atom stereocenters. The van der Waals surface area contributed by atoms with E-state index in [0.717, 1.165) is 16.9 Å². The highest BCUT2D eigenvalue weighted by Crippen LogP contribution is 2.23. The van der Waals surface area contributed by atoms with Gasteiger partial charge in [-0.15, -0.1) is 0 Å². The molecule has 0 saturated carbocycles. The first kappa shape index (κ1) is 20.8. The van der Waals surface area contributed by atoms with E-state index in [0.29, 0.717) is 26.2 Å². The third kappa shape index (κ3) is 4.75. The van der Waals surface area contributed by atoms with Crippen LogP contribution in [0.25, 0.3) is 11.3 Å². The first-order valence-electron chi connectivity index (χ1n) is 9.61. The molecule has 3 N–H and O–H groups in total. The van der Waals surface area contributed by atoms with Gasteiger partial charge in [-0.1, -0.05) is 12.1 Å². The number of anilines is 1. The molecule has 3 rings (SSSR count). The van der Waals surface area contributed by atoms with Crippen molar-refractivity contribution in [1.82, 2.24) is 20.0 Å². The van der Waals surface area contributed by atoms with E-state index in [1.807, 2.05) is 17.8 Å². The molecule has 2 heterocycles. The molecule has 1 aromatic carbocycles. The number of nitrogens with one attached hydrogen (secondary N) is 1. The summed E-state index contributed by atoms with van der Waals surface area (Å²) in [6, 6.07) is 8.67. The normalized spacial score (nSPS) is 16.4. The molecule has 0 radical (unpaired) electrons. The molecular formula is C20H27N5O4. The molecule has 2 aromatic rings. The highest BCUT2D eigenvalue weighted by molar-refractivity contribution is 5.89. The quantitative estimate of drug-likeness (QED) is 0.639. The van der Waals surface area contributed by atoms with Crippen LogP contribution in [0.5, 0.6) is 0 Å². The Morgan fingerprint density at radius 3 is 2.31 bits per heavy atom. The maximum Gasteiger partial charge on any atom is 0.318 e. The average Bonchev–Trinajstić information content (AvgIpc) is 3.17. The maximum absolute atomic E-state index is 12.4. The number of aliphatic hydroxyl groups excluding tert-OH is 2. The van der Waals surface area contributed by atoms with Gasteiger partial charge < -0.3 is 25.3 Å². The minimum absolute atomic E-state index is 0.413. The number of hydrogen-bond donors (Lipinski definition) is 3. The van der Waals surface area contributed by atoms with Crippen LogP contribution in [0, 0.1) is 0 Å². The number of ketones is 1. The molecule has 29 heavy (non-hydrogen) atoms. The third-order valence-corrected chi connectivity index (χ3v) is 5.18. The van der Waals surface area contributed by atoms with Crippen LogP contribution in [0.2, 0.25) is 0 Å². The highest BCUT2D eigenvalue weighted by Gasteiger charge is 2.28. The minimum Gasteiger partial charge on any atom is -0.391 e. The number of hydrogen-bond acceptors (Lipinski definition) is 6. The lowest BCUT2D eigenvalue weighted by atomic mass is 10.1. The fraction of sp³-hybridized carbons (Fsp3) is 0.450. The lowest BCUT2D eigenvalue weighted by Gasteiger charge is -2.37. The lowest BCUT2D eigenvalue weighted by molar-refractivity contribution is -0.125. The molecule has 0 spiro atoms. The minimum atomic E-state index is -1.11. The van der Waals surface area contributed by atoms with E-state index >= 15 is 0 Å². The van der Waals surface area contributed by atoms with Crippen LogP contribution in [0.4, 0.5) is 10.5 Å². The first-order chi connectivity index (χ1) is 13.9. The van der Waals surface area contributed by atoms with Crippen molar-refractivity contribution in [3.05, 3.63) is 36.5 Å². The van der Waals surface area contributed by atoms with Crippen molar-refractivity contribution in [3.8, 4) is 11.3 Å². The Morgan fingerprint density at radius 2 is 1.79 bits per heavy atom.